The number of nitrogens with zero attached hydrogens (tertiary/aromatic N) is 5. The van der Waals surface area contributed by atoms with Crippen LogP contribution in [0.4, 0.5) is 5.69 Å². The first-order valence-corrected chi connectivity index (χ1v) is 8.05. The van der Waals surface area contributed by atoms with Crippen LogP contribution in [0.2, 0.25) is 0 Å². The van der Waals surface area contributed by atoms with Gasteiger partial charge in [0.15, 0.2) is 5.76 Å². The minimum atomic E-state index is -0.519. The third-order valence-electron chi connectivity index (χ3n) is 3.79. The van der Waals surface area contributed by atoms with Gasteiger partial charge in [-0.1, -0.05) is 0 Å². The maximum Gasteiger partial charge on any atom is 0.307 e. The van der Waals surface area contributed by atoms with E-state index in [1.165, 1.54) is 10.9 Å². The largest absolute Gasteiger partial charge is 0.454 e. The summed E-state index contributed by atoms with van der Waals surface area (Å²) in [5.41, 5.74) is 0.979. The summed E-state index contributed by atoms with van der Waals surface area (Å²) in [4.78, 5) is 22.2. The Labute approximate surface area is 148 Å². The average molecular weight is 358 g/mol. The van der Waals surface area contributed by atoms with Gasteiger partial charge < -0.3 is 9.73 Å². The van der Waals surface area contributed by atoms with Crippen LogP contribution in [0.3, 0.4) is 0 Å². The van der Waals surface area contributed by atoms with E-state index in [0.717, 1.165) is 24.9 Å². The summed E-state index contributed by atoms with van der Waals surface area (Å²) >= 11 is 0. The molecule has 3 aromatic heterocycles. The van der Waals surface area contributed by atoms with E-state index in [4.69, 9.17) is 4.42 Å². The highest BCUT2D eigenvalue weighted by molar-refractivity contribution is 5.91. The molecule has 3 heterocycles. The number of hydrogen-bond acceptors (Lipinski definition) is 6. The quantitative estimate of drug-likeness (QED) is 0.372. The lowest BCUT2D eigenvalue weighted by atomic mass is 10.3. The first-order chi connectivity index (χ1) is 12.5. The number of carbonyl (C=O) groups excluding carboxylic acids is 1. The predicted octanol–water partition coefficient (Wildman–Crippen LogP) is 1.76. The van der Waals surface area contributed by atoms with Gasteiger partial charge in [-0.3, -0.25) is 24.3 Å². The second kappa shape index (κ2) is 7.64. The van der Waals surface area contributed by atoms with Crippen LogP contribution in [0.1, 0.15) is 28.4 Å². The average Bonchev–Trinajstić information content (AvgIpc) is 3.33. The molecule has 0 radical (unpaired) electrons. The topological polar surface area (TPSA) is 121 Å². The van der Waals surface area contributed by atoms with Crippen molar-refractivity contribution in [3.63, 3.8) is 0 Å². The van der Waals surface area contributed by atoms with Crippen LogP contribution >= 0.6 is 0 Å². The lowest BCUT2D eigenvalue weighted by Gasteiger charge is -2.05. The molecule has 0 aliphatic heterocycles. The fourth-order valence-electron chi connectivity index (χ4n) is 2.43. The summed E-state index contributed by atoms with van der Waals surface area (Å²) < 4.78 is 8.74. The number of carbonyl (C=O) groups is 1. The van der Waals surface area contributed by atoms with Crippen LogP contribution in [-0.2, 0) is 13.1 Å². The molecule has 0 fully saturated rings. The molecule has 0 saturated heterocycles. The van der Waals surface area contributed by atoms with Gasteiger partial charge in [0.1, 0.15) is 18.2 Å². The van der Waals surface area contributed by atoms with Crippen molar-refractivity contribution < 1.29 is 14.1 Å². The molecular formula is C16H18N6O4. The third kappa shape index (κ3) is 4.15. The normalized spacial score (nSPS) is 10.8. The van der Waals surface area contributed by atoms with Gasteiger partial charge in [-0.05, 0) is 31.5 Å². The Morgan fingerprint density at radius 2 is 2.19 bits per heavy atom. The van der Waals surface area contributed by atoms with Crippen molar-refractivity contribution in [2.75, 3.05) is 6.54 Å². The van der Waals surface area contributed by atoms with E-state index >= 15 is 0 Å². The molecule has 1 amide bonds. The summed E-state index contributed by atoms with van der Waals surface area (Å²) in [7, 11) is 0. The Balaban J connectivity index is 1.48. The number of furan rings is 1. The van der Waals surface area contributed by atoms with E-state index in [-0.39, 0.29) is 23.9 Å². The summed E-state index contributed by atoms with van der Waals surface area (Å²) in [6.45, 7) is 3.41. The van der Waals surface area contributed by atoms with E-state index in [1.54, 1.807) is 18.3 Å². The van der Waals surface area contributed by atoms with E-state index < -0.39 is 4.92 Å². The molecule has 0 spiro atoms. The van der Waals surface area contributed by atoms with Crippen LogP contribution in [-0.4, -0.2) is 36.9 Å². The van der Waals surface area contributed by atoms with E-state index in [9.17, 15) is 14.9 Å². The molecular weight excluding hydrogens is 340 g/mol. The molecule has 0 aliphatic rings. The fraction of sp³-hybridized carbons (Fsp3) is 0.312. The predicted molar refractivity (Wildman–Crippen MR) is 90.6 cm³/mol. The van der Waals surface area contributed by atoms with Gasteiger partial charge in [0, 0.05) is 25.0 Å². The van der Waals surface area contributed by atoms with Crippen LogP contribution in [0.15, 0.2) is 41.2 Å². The summed E-state index contributed by atoms with van der Waals surface area (Å²) in [5.74, 6) is 0.372. The van der Waals surface area contributed by atoms with Crippen molar-refractivity contribution in [1.82, 2.24) is 24.9 Å². The molecule has 0 atom stereocenters. The second-order valence-corrected chi connectivity index (χ2v) is 5.72. The van der Waals surface area contributed by atoms with Gasteiger partial charge in [-0.15, -0.1) is 0 Å². The van der Waals surface area contributed by atoms with Crippen molar-refractivity contribution >= 4 is 11.6 Å². The Kier molecular flexibility index (Phi) is 5.11. The number of nitro groups is 1. The van der Waals surface area contributed by atoms with E-state index in [0.29, 0.717) is 12.3 Å². The SMILES string of the molecule is Cc1ccnn1CCCNC(=O)c1ccc(Cn2cc([N+](=O)[O-])cn2)o1. The van der Waals surface area contributed by atoms with Gasteiger partial charge in [0.25, 0.3) is 5.91 Å². The zero-order valence-electron chi connectivity index (χ0n) is 14.2. The molecule has 3 rings (SSSR count). The number of hydrogen-bond donors (Lipinski definition) is 1. The zero-order chi connectivity index (χ0) is 18.5. The fourth-order valence-corrected chi connectivity index (χ4v) is 2.43. The highest BCUT2D eigenvalue weighted by Crippen LogP contribution is 2.12. The van der Waals surface area contributed by atoms with E-state index in [1.807, 2.05) is 17.7 Å². The second-order valence-electron chi connectivity index (χ2n) is 5.72. The van der Waals surface area contributed by atoms with E-state index in [2.05, 4.69) is 15.5 Å². The van der Waals surface area contributed by atoms with Crippen molar-refractivity contribution in [2.24, 2.45) is 0 Å². The molecule has 0 saturated carbocycles. The van der Waals surface area contributed by atoms with Gasteiger partial charge in [0.05, 0.1) is 11.5 Å². The molecule has 0 bridgehead atoms. The third-order valence-corrected chi connectivity index (χ3v) is 3.79. The molecule has 1 N–H and O–H groups in total. The lowest BCUT2D eigenvalue weighted by Crippen LogP contribution is -2.25. The Hall–Kier alpha value is -3.43. The first kappa shape index (κ1) is 17.4. The summed E-state index contributed by atoms with van der Waals surface area (Å²) in [6.07, 6.45) is 4.96. The van der Waals surface area contributed by atoms with Gasteiger partial charge in [-0.2, -0.15) is 10.2 Å². The van der Waals surface area contributed by atoms with Crippen LogP contribution < -0.4 is 5.32 Å². The Morgan fingerprint density at radius 3 is 2.88 bits per heavy atom. The number of aryl methyl sites for hydroxylation is 2. The summed E-state index contributed by atoms with van der Waals surface area (Å²) in [6, 6.07) is 5.15. The lowest BCUT2D eigenvalue weighted by molar-refractivity contribution is -0.385. The molecule has 26 heavy (non-hydrogen) atoms. The highest BCUT2D eigenvalue weighted by Gasteiger charge is 2.13. The molecule has 10 nitrogen and oxygen atoms in total. The number of nitrogens with one attached hydrogen (secondary N) is 1. The monoisotopic (exact) mass is 358 g/mol. The van der Waals surface area contributed by atoms with Crippen molar-refractivity contribution in [1.29, 1.82) is 0 Å². The molecule has 0 aliphatic carbocycles. The molecule has 136 valence electrons. The minimum absolute atomic E-state index is 0.0954. The maximum atomic E-state index is 12.1. The van der Waals surface area contributed by atoms with Crippen molar-refractivity contribution in [2.45, 2.75) is 26.4 Å². The smallest absolute Gasteiger partial charge is 0.307 e. The first-order valence-electron chi connectivity index (χ1n) is 8.05. The Morgan fingerprint density at radius 1 is 1.35 bits per heavy atom. The standard InChI is InChI=1S/C16H18N6O4/c1-12-5-7-18-21(12)8-2-6-17-16(23)15-4-3-14(26-15)11-20-10-13(9-19-20)22(24)25/h3-5,7,9-10H,2,6,8,11H2,1H3,(H,17,23). The van der Waals surface area contributed by atoms with Gasteiger partial charge in [-0.25, -0.2) is 0 Å². The van der Waals surface area contributed by atoms with Gasteiger partial charge >= 0.3 is 5.69 Å². The molecule has 3 aromatic rings. The minimum Gasteiger partial charge on any atom is -0.454 e. The van der Waals surface area contributed by atoms with Crippen molar-refractivity contribution in [3.05, 3.63) is 64.1 Å². The van der Waals surface area contributed by atoms with Crippen molar-refractivity contribution in [3.8, 4) is 0 Å². The highest BCUT2D eigenvalue weighted by atomic mass is 16.6. The molecule has 10 heteroatoms. The maximum absolute atomic E-state index is 12.1. The number of rotatable bonds is 8. The number of amides is 1. The van der Waals surface area contributed by atoms with Gasteiger partial charge in [0.2, 0.25) is 0 Å². The molecule has 0 aromatic carbocycles. The van der Waals surface area contributed by atoms with Crippen LogP contribution in [0.5, 0.6) is 0 Å². The van der Waals surface area contributed by atoms with Crippen LogP contribution in [0, 0.1) is 17.0 Å². The van der Waals surface area contributed by atoms with Crippen LogP contribution in [0.25, 0.3) is 0 Å². The zero-order valence-corrected chi connectivity index (χ0v) is 14.2. The summed E-state index contributed by atoms with van der Waals surface area (Å²) in [5, 5.41) is 21.5. The molecule has 0 unspecified atom stereocenters. The Bertz CT molecular complexity index is 909. The number of aromatic nitrogens is 4.